The Kier molecular flexibility index (Phi) is 6.43. The van der Waals surface area contributed by atoms with Crippen molar-refractivity contribution >= 4 is 15.9 Å². The largest absolute Gasteiger partial charge is 0.381 e. The van der Waals surface area contributed by atoms with Gasteiger partial charge in [-0.15, -0.1) is 0 Å². The van der Waals surface area contributed by atoms with Crippen molar-refractivity contribution in [2.45, 2.75) is 25.3 Å². The molecular weight excluding hydrogens is 318 g/mol. The van der Waals surface area contributed by atoms with Gasteiger partial charge in [0.05, 0.1) is 24.7 Å². The van der Waals surface area contributed by atoms with E-state index in [0.29, 0.717) is 32.7 Å². The van der Waals surface area contributed by atoms with Crippen LogP contribution in [0.25, 0.3) is 0 Å². The van der Waals surface area contributed by atoms with Crippen LogP contribution in [-0.2, 0) is 14.6 Å². The summed E-state index contributed by atoms with van der Waals surface area (Å²) in [5, 5.41) is 2.84. The quantitative estimate of drug-likeness (QED) is 0.782. The maximum Gasteiger partial charge on any atom is 0.321 e. The summed E-state index contributed by atoms with van der Waals surface area (Å²) in [5.41, 5.74) is 1.16. The zero-order valence-electron chi connectivity index (χ0n) is 14.0. The van der Waals surface area contributed by atoms with Gasteiger partial charge in [0, 0.05) is 25.3 Å². The molecule has 0 aromatic heterocycles. The summed E-state index contributed by atoms with van der Waals surface area (Å²) >= 11 is 0. The van der Waals surface area contributed by atoms with Crippen molar-refractivity contribution in [2.24, 2.45) is 0 Å². The number of carbonyl (C=O) groups is 1. The van der Waals surface area contributed by atoms with E-state index in [2.05, 4.69) is 5.32 Å². The normalized spacial score (nSPS) is 23.8. The fourth-order valence-electron chi connectivity index (χ4n) is 2.80. The molecule has 132 valence electrons. The van der Waals surface area contributed by atoms with E-state index < -0.39 is 9.84 Å². The van der Waals surface area contributed by atoms with Crippen molar-refractivity contribution in [1.82, 2.24) is 15.1 Å². The van der Waals surface area contributed by atoms with Crippen molar-refractivity contribution in [1.29, 1.82) is 0 Å². The number of likely N-dealkylation sites (N-methyl/N-ethyl adjacent to an activating group) is 1. The van der Waals surface area contributed by atoms with Crippen LogP contribution >= 0.6 is 0 Å². The van der Waals surface area contributed by atoms with Gasteiger partial charge >= 0.3 is 6.03 Å². The zero-order chi connectivity index (χ0) is 16.9. The molecule has 0 radical (unpaired) electrons. The summed E-state index contributed by atoms with van der Waals surface area (Å²) in [4.78, 5) is 16.2. The Balaban J connectivity index is 1.98. The number of nitrogens with zero attached hydrogens (tertiary/aromatic N) is 2. The van der Waals surface area contributed by atoms with Gasteiger partial charge < -0.3 is 19.9 Å². The Labute approximate surface area is 138 Å². The number of ether oxygens (including phenoxy) is 1. The molecule has 0 bridgehead atoms. The van der Waals surface area contributed by atoms with Crippen molar-refractivity contribution in [3.05, 3.63) is 11.8 Å². The minimum absolute atomic E-state index is 0.0677. The SMILES string of the molecule is CN(C)CCN(C(=O)NC=C1CCOCC1)C1CCS(=O)(=O)C1. The van der Waals surface area contributed by atoms with E-state index in [4.69, 9.17) is 4.74 Å². The third-order valence-corrected chi connectivity index (χ3v) is 5.98. The number of hydrogen-bond donors (Lipinski definition) is 1. The number of amides is 2. The molecule has 0 aromatic carbocycles. The molecule has 2 aliphatic heterocycles. The average molecular weight is 345 g/mol. The van der Waals surface area contributed by atoms with E-state index in [-0.39, 0.29) is 23.6 Å². The highest BCUT2D eigenvalue weighted by Crippen LogP contribution is 2.18. The molecule has 1 unspecified atom stereocenters. The second kappa shape index (κ2) is 8.12. The van der Waals surface area contributed by atoms with Gasteiger partial charge in [-0.2, -0.15) is 0 Å². The van der Waals surface area contributed by atoms with Gasteiger partial charge in [-0.25, -0.2) is 13.2 Å². The molecule has 2 rings (SSSR count). The lowest BCUT2D eigenvalue weighted by molar-refractivity contribution is 0.118. The van der Waals surface area contributed by atoms with Crippen molar-refractivity contribution in [3.63, 3.8) is 0 Å². The van der Waals surface area contributed by atoms with Crippen LogP contribution < -0.4 is 5.32 Å². The number of nitrogens with one attached hydrogen (secondary N) is 1. The van der Waals surface area contributed by atoms with Gasteiger partial charge in [-0.05, 0) is 38.9 Å². The molecule has 0 aromatic rings. The highest BCUT2D eigenvalue weighted by Gasteiger charge is 2.34. The van der Waals surface area contributed by atoms with Crippen LogP contribution in [-0.4, -0.2) is 82.2 Å². The first-order chi connectivity index (χ1) is 10.9. The summed E-state index contributed by atoms with van der Waals surface area (Å²) in [7, 11) is 0.857. The number of rotatable bonds is 5. The molecule has 0 saturated carbocycles. The Morgan fingerprint density at radius 2 is 2.00 bits per heavy atom. The molecule has 2 amide bonds. The molecule has 2 heterocycles. The maximum atomic E-state index is 12.5. The van der Waals surface area contributed by atoms with Gasteiger partial charge in [-0.1, -0.05) is 0 Å². The number of urea groups is 1. The minimum atomic E-state index is -3.02. The zero-order valence-corrected chi connectivity index (χ0v) is 14.8. The summed E-state index contributed by atoms with van der Waals surface area (Å²) in [6.07, 6.45) is 3.94. The van der Waals surface area contributed by atoms with E-state index in [1.54, 1.807) is 11.1 Å². The van der Waals surface area contributed by atoms with Gasteiger partial charge in [0.2, 0.25) is 0 Å². The fourth-order valence-corrected chi connectivity index (χ4v) is 4.53. The highest BCUT2D eigenvalue weighted by atomic mass is 32.2. The van der Waals surface area contributed by atoms with E-state index >= 15 is 0 Å². The van der Waals surface area contributed by atoms with Gasteiger partial charge in [0.1, 0.15) is 0 Å². The average Bonchev–Trinajstić information content (AvgIpc) is 2.86. The Morgan fingerprint density at radius 3 is 2.57 bits per heavy atom. The van der Waals surface area contributed by atoms with Crippen LogP contribution in [0.15, 0.2) is 11.8 Å². The molecule has 8 heteroatoms. The van der Waals surface area contributed by atoms with Gasteiger partial charge in [0.25, 0.3) is 0 Å². The molecule has 1 N–H and O–H groups in total. The third-order valence-electron chi connectivity index (χ3n) is 4.23. The Hall–Kier alpha value is -1.12. The van der Waals surface area contributed by atoms with Crippen LogP contribution in [0.5, 0.6) is 0 Å². The lowest BCUT2D eigenvalue weighted by atomic mass is 10.1. The van der Waals surface area contributed by atoms with Crippen molar-refractivity contribution < 1.29 is 17.9 Å². The van der Waals surface area contributed by atoms with Gasteiger partial charge in [-0.3, -0.25) is 0 Å². The molecule has 7 nitrogen and oxygen atoms in total. The second-order valence-electron chi connectivity index (χ2n) is 6.42. The number of carbonyl (C=O) groups excluding carboxylic acids is 1. The summed E-state index contributed by atoms with van der Waals surface area (Å²) < 4.78 is 28.7. The van der Waals surface area contributed by atoms with E-state index in [9.17, 15) is 13.2 Å². The number of sulfone groups is 1. The molecule has 2 aliphatic rings. The van der Waals surface area contributed by atoms with E-state index in [1.165, 1.54) is 0 Å². The predicted octanol–water partition coefficient (Wildman–Crippen LogP) is 0.441. The van der Waals surface area contributed by atoms with Crippen molar-refractivity contribution in [3.8, 4) is 0 Å². The first-order valence-electron chi connectivity index (χ1n) is 8.05. The van der Waals surface area contributed by atoms with Crippen LogP contribution in [0, 0.1) is 0 Å². The summed E-state index contributed by atoms with van der Waals surface area (Å²) in [6.45, 7) is 2.60. The molecule has 2 fully saturated rings. The van der Waals surface area contributed by atoms with Crippen LogP contribution in [0.4, 0.5) is 4.79 Å². The summed E-state index contributed by atoms with van der Waals surface area (Å²) in [5.74, 6) is 0.236. The minimum Gasteiger partial charge on any atom is -0.381 e. The van der Waals surface area contributed by atoms with Gasteiger partial charge in [0.15, 0.2) is 9.84 Å². The number of hydrogen-bond acceptors (Lipinski definition) is 5. The van der Waals surface area contributed by atoms with E-state index in [1.807, 2.05) is 19.0 Å². The molecule has 0 spiro atoms. The summed E-state index contributed by atoms with van der Waals surface area (Å²) in [6, 6.07) is -0.444. The lowest BCUT2D eigenvalue weighted by Gasteiger charge is -2.29. The second-order valence-corrected chi connectivity index (χ2v) is 8.65. The fraction of sp³-hybridized carbons (Fsp3) is 0.800. The van der Waals surface area contributed by atoms with Crippen LogP contribution in [0.1, 0.15) is 19.3 Å². The standard InChI is InChI=1S/C15H27N3O4S/c1-17(2)6-7-18(14-5-10-23(20,21)12-14)15(19)16-11-13-3-8-22-9-4-13/h11,14H,3-10,12H2,1-2H3,(H,16,19). The lowest BCUT2D eigenvalue weighted by Crippen LogP contribution is -2.48. The first kappa shape index (κ1) is 18.2. The Bertz CT molecular complexity index is 537. The molecule has 0 aliphatic carbocycles. The predicted molar refractivity (Wildman–Crippen MR) is 89.0 cm³/mol. The van der Waals surface area contributed by atoms with Crippen LogP contribution in [0.2, 0.25) is 0 Å². The molecular formula is C15H27N3O4S. The van der Waals surface area contributed by atoms with Crippen molar-refractivity contribution in [2.75, 3.05) is 51.9 Å². The maximum absolute atomic E-state index is 12.5. The molecule has 1 atom stereocenters. The topological polar surface area (TPSA) is 79.0 Å². The van der Waals surface area contributed by atoms with Crippen LogP contribution in [0.3, 0.4) is 0 Å². The van der Waals surface area contributed by atoms with E-state index in [0.717, 1.165) is 18.4 Å². The molecule has 23 heavy (non-hydrogen) atoms. The first-order valence-corrected chi connectivity index (χ1v) is 9.87. The third kappa shape index (κ3) is 5.78. The molecule has 2 saturated heterocycles. The smallest absolute Gasteiger partial charge is 0.321 e. The monoisotopic (exact) mass is 345 g/mol. The Morgan fingerprint density at radius 1 is 1.30 bits per heavy atom. The highest BCUT2D eigenvalue weighted by molar-refractivity contribution is 7.91.